The second-order valence-electron chi connectivity index (χ2n) is 12.1. The molecule has 0 fully saturated rings. The lowest BCUT2D eigenvalue weighted by Gasteiger charge is -2.12. The lowest BCUT2D eigenvalue weighted by molar-refractivity contribution is 0.918. The number of benzene rings is 6. The Bertz CT molecular complexity index is 2560. The Kier molecular flexibility index (Phi) is 7.10. The number of hydrogen-bond acceptors (Lipinski definition) is 3. The highest BCUT2D eigenvalue weighted by Crippen LogP contribution is 2.42. The van der Waals surface area contributed by atoms with Gasteiger partial charge in [0.15, 0.2) is 0 Å². The molecule has 0 spiro atoms. The highest BCUT2D eigenvalue weighted by molar-refractivity contribution is 6.17. The zero-order valence-electron chi connectivity index (χ0n) is 26.6. The summed E-state index contributed by atoms with van der Waals surface area (Å²) >= 11 is 0. The SMILES string of the molecule is c1ccc(-c2nn(-c3ccccc3)c3c2c(-c2ccc(-c4ccc(-c5cccc(-c6ccccn6)n5)cc4)cc2)cc2ccccc23)cc1. The summed E-state index contributed by atoms with van der Waals surface area (Å²) < 4.78 is 2.11. The number of nitrogens with zero attached hydrogens (tertiary/aromatic N) is 4. The molecule has 9 rings (SSSR count). The molecule has 0 N–H and O–H groups in total. The molecule has 0 radical (unpaired) electrons. The lowest BCUT2D eigenvalue weighted by Crippen LogP contribution is -1.96. The summed E-state index contributed by atoms with van der Waals surface area (Å²) in [7, 11) is 0. The molecule has 230 valence electrons. The van der Waals surface area contributed by atoms with Crippen LogP contribution < -0.4 is 0 Å². The smallest absolute Gasteiger partial charge is 0.101 e. The maximum atomic E-state index is 5.30. The maximum absolute atomic E-state index is 5.30. The van der Waals surface area contributed by atoms with Crippen molar-refractivity contribution in [3.05, 3.63) is 182 Å². The average Bonchev–Trinajstić information content (AvgIpc) is 3.60. The van der Waals surface area contributed by atoms with Crippen LogP contribution in [-0.2, 0) is 0 Å². The van der Waals surface area contributed by atoms with Crippen molar-refractivity contribution in [1.29, 1.82) is 0 Å². The number of para-hydroxylation sites is 1. The molecule has 0 unspecified atom stereocenters. The molecular formula is C45H30N4. The largest absolute Gasteiger partial charge is 0.255 e. The number of rotatable bonds is 6. The number of hydrogen-bond donors (Lipinski definition) is 0. The first-order valence-corrected chi connectivity index (χ1v) is 16.5. The standard InChI is InChI=1S/C45H30N4/c1-3-12-35(13-4-1)44-43-39(30-36-14-7-8-17-38(36)45(43)49(48-44)37-15-5-2-6-16-37)33-25-21-31(22-26-33)32-23-27-34(28-24-32)40-19-11-20-42(47-40)41-18-9-10-29-46-41/h1-30H. The van der Waals surface area contributed by atoms with E-state index in [1.807, 2.05) is 42.5 Å². The Morgan fingerprint density at radius 1 is 0.429 bits per heavy atom. The second kappa shape index (κ2) is 12.2. The third-order valence-corrected chi connectivity index (χ3v) is 9.10. The van der Waals surface area contributed by atoms with Gasteiger partial charge in [0, 0.05) is 28.1 Å². The molecule has 0 saturated carbocycles. The predicted octanol–water partition coefficient (Wildman–Crippen LogP) is 11.3. The van der Waals surface area contributed by atoms with E-state index in [-0.39, 0.29) is 0 Å². The van der Waals surface area contributed by atoms with Gasteiger partial charge in [-0.1, -0.05) is 133 Å². The van der Waals surface area contributed by atoms with Crippen LogP contribution in [0.5, 0.6) is 0 Å². The van der Waals surface area contributed by atoms with Crippen molar-refractivity contribution in [3.8, 4) is 61.8 Å². The van der Waals surface area contributed by atoms with Crippen molar-refractivity contribution >= 4 is 21.7 Å². The van der Waals surface area contributed by atoms with Gasteiger partial charge >= 0.3 is 0 Å². The molecule has 0 aliphatic rings. The number of pyridine rings is 2. The average molecular weight is 627 g/mol. The molecule has 3 heterocycles. The molecule has 4 nitrogen and oxygen atoms in total. The van der Waals surface area contributed by atoms with Gasteiger partial charge in [0.1, 0.15) is 5.69 Å². The van der Waals surface area contributed by atoms with Crippen LogP contribution in [0.15, 0.2) is 182 Å². The van der Waals surface area contributed by atoms with Crippen molar-refractivity contribution in [3.63, 3.8) is 0 Å². The molecule has 6 aromatic carbocycles. The van der Waals surface area contributed by atoms with Gasteiger partial charge in [0.25, 0.3) is 0 Å². The van der Waals surface area contributed by atoms with Gasteiger partial charge in [-0.15, -0.1) is 0 Å². The van der Waals surface area contributed by atoms with Gasteiger partial charge in [0.2, 0.25) is 0 Å². The van der Waals surface area contributed by atoms with Crippen molar-refractivity contribution in [1.82, 2.24) is 19.7 Å². The van der Waals surface area contributed by atoms with Crippen LogP contribution in [-0.4, -0.2) is 19.7 Å². The van der Waals surface area contributed by atoms with Crippen LogP contribution in [0.25, 0.3) is 83.5 Å². The minimum Gasteiger partial charge on any atom is -0.255 e. The van der Waals surface area contributed by atoms with Gasteiger partial charge < -0.3 is 0 Å². The first-order valence-electron chi connectivity index (χ1n) is 16.5. The van der Waals surface area contributed by atoms with Gasteiger partial charge in [-0.3, -0.25) is 4.98 Å². The molecule has 3 aromatic heterocycles. The molecule has 49 heavy (non-hydrogen) atoms. The molecule has 0 amide bonds. The fraction of sp³-hybridized carbons (Fsp3) is 0. The quantitative estimate of drug-likeness (QED) is 0.184. The summed E-state index contributed by atoms with van der Waals surface area (Å²) in [6, 6.07) is 61.4. The molecule has 0 atom stereocenters. The van der Waals surface area contributed by atoms with E-state index in [2.05, 4.69) is 143 Å². The molecule has 4 heteroatoms. The van der Waals surface area contributed by atoms with Crippen molar-refractivity contribution in [2.45, 2.75) is 0 Å². The van der Waals surface area contributed by atoms with E-state index >= 15 is 0 Å². The third kappa shape index (κ3) is 5.26. The van der Waals surface area contributed by atoms with Gasteiger partial charge in [-0.25, -0.2) is 9.67 Å². The van der Waals surface area contributed by atoms with Crippen LogP contribution in [0.3, 0.4) is 0 Å². The van der Waals surface area contributed by atoms with E-state index < -0.39 is 0 Å². The minimum absolute atomic E-state index is 0.866. The summed E-state index contributed by atoms with van der Waals surface area (Å²) in [6.45, 7) is 0. The van der Waals surface area contributed by atoms with Gasteiger partial charge in [-0.05, 0) is 70.1 Å². The minimum atomic E-state index is 0.866. The van der Waals surface area contributed by atoms with Crippen LogP contribution in [0.2, 0.25) is 0 Å². The van der Waals surface area contributed by atoms with E-state index in [1.165, 1.54) is 10.8 Å². The zero-order valence-corrected chi connectivity index (χ0v) is 26.6. The fourth-order valence-corrected chi connectivity index (χ4v) is 6.70. The van der Waals surface area contributed by atoms with Crippen molar-refractivity contribution < 1.29 is 0 Å². The van der Waals surface area contributed by atoms with Crippen LogP contribution in [0, 0.1) is 0 Å². The van der Waals surface area contributed by atoms with Crippen LogP contribution >= 0.6 is 0 Å². The lowest BCUT2D eigenvalue weighted by atomic mass is 9.92. The Labute approximate surface area is 284 Å². The first-order chi connectivity index (χ1) is 24.3. The highest BCUT2D eigenvalue weighted by atomic mass is 15.3. The third-order valence-electron chi connectivity index (χ3n) is 9.10. The summed E-state index contributed by atoms with van der Waals surface area (Å²) in [5, 5.41) is 8.80. The monoisotopic (exact) mass is 626 g/mol. The molecule has 0 bridgehead atoms. The Morgan fingerprint density at radius 3 is 1.78 bits per heavy atom. The summed E-state index contributed by atoms with van der Waals surface area (Å²) in [5.41, 5.74) is 12.6. The topological polar surface area (TPSA) is 43.6 Å². The second-order valence-corrected chi connectivity index (χ2v) is 12.1. The highest BCUT2D eigenvalue weighted by Gasteiger charge is 2.21. The Balaban J connectivity index is 1.13. The summed E-state index contributed by atoms with van der Waals surface area (Å²) in [4.78, 5) is 9.35. The van der Waals surface area contributed by atoms with Gasteiger partial charge in [-0.2, -0.15) is 5.10 Å². The summed E-state index contributed by atoms with van der Waals surface area (Å²) in [5.74, 6) is 0. The fourth-order valence-electron chi connectivity index (χ4n) is 6.70. The maximum Gasteiger partial charge on any atom is 0.101 e. The van der Waals surface area contributed by atoms with Crippen molar-refractivity contribution in [2.75, 3.05) is 0 Å². The zero-order chi connectivity index (χ0) is 32.6. The van der Waals surface area contributed by atoms with E-state index in [0.717, 1.165) is 72.7 Å². The van der Waals surface area contributed by atoms with Crippen molar-refractivity contribution in [2.24, 2.45) is 0 Å². The number of aromatic nitrogens is 4. The molecule has 9 aromatic rings. The van der Waals surface area contributed by atoms with E-state index in [0.29, 0.717) is 0 Å². The van der Waals surface area contributed by atoms with E-state index in [1.54, 1.807) is 6.20 Å². The number of fused-ring (bicyclic) bond motifs is 3. The molecule has 0 saturated heterocycles. The Morgan fingerprint density at radius 2 is 1.04 bits per heavy atom. The van der Waals surface area contributed by atoms with Crippen LogP contribution in [0.1, 0.15) is 0 Å². The van der Waals surface area contributed by atoms with Crippen LogP contribution in [0.4, 0.5) is 0 Å². The molecule has 0 aliphatic heterocycles. The first kappa shape index (κ1) is 28.6. The summed E-state index contributed by atoms with van der Waals surface area (Å²) in [6.07, 6.45) is 1.80. The molecular weight excluding hydrogens is 597 g/mol. The Hall–Kier alpha value is -6.65. The predicted molar refractivity (Wildman–Crippen MR) is 201 cm³/mol. The van der Waals surface area contributed by atoms with Gasteiger partial charge in [0.05, 0.1) is 28.3 Å². The van der Waals surface area contributed by atoms with E-state index in [4.69, 9.17) is 10.1 Å². The van der Waals surface area contributed by atoms with E-state index in [9.17, 15) is 0 Å². The molecule has 0 aliphatic carbocycles. The normalized spacial score (nSPS) is 11.3.